The van der Waals surface area contributed by atoms with Crippen molar-refractivity contribution < 1.29 is 19.8 Å². The number of carboxylic acids is 1. The molecule has 2 atom stereocenters. The van der Waals surface area contributed by atoms with Gasteiger partial charge in [-0.1, -0.05) is 27.7 Å². The van der Waals surface area contributed by atoms with Crippen LogP contribution in [0.4, 0.5) is 4.79 Å². The normalized spacial score (nSPS) is 14.6. The van der Waals surface area contributed by atoms with Gasteiger partial charge in [0.05, 0.1) is 6.10 Å². The summed E-state index contributed by atoms with van der Waals surface area (Å²) in [6, 6.07) is -1.86. The first-order chi connectivity index (χ1) is 8.66. The zero-order valence-electron chi connectivity index (χ0n) is 12.3. The van der Waals surface area contributed by atoms with Crippen LogP contribution in [0, 0.1) is 17.8 Å². The fourth-order valence-electron chi connectivity index (χ4n) is 2.03. The molecule has 2 amide bonds. The molecule has 6 heteroatoms. The highest BCUT2D eigenvalue weighted by Gasteiger charge is 2.25. The third-order valence-electron chi connectivity index (χ3n) is 3.25. The zero-order chi connectivity index (χ0) is 15.2. The summed E-state index contributed by atoms with van der Waals surface area (Å²) in [4.78, 5) is 22.4. The molecular formula is C13H26N2O4. The van der Waals surface area contributed by atoms with Crippen molar-refractivity contribution in [1.82, 2.24) is 10.6 Å². The van der Waals surface area contributed by atoms with Gasteiger partial charge >= 0.3 is 12.0 Å². The molecule has 0 aromatic heterocycles. The maximum absolute atomic E-state index is 11.6. The van der Waals surface area contributed by atoms with E-state index >= 15 is 0 Å². The lowest BCUT2D eigenvalue weighted by Crippen LogP contribution is -2.52. The first kappa shape index (κ1) is 17.7. The predicted octanol–water partition coefficient (Wildman–Crippen LogP) is 1.05. The van der Waals surface area contributed by atoms with Crippen LogP contribution < -0.4 is 10.6 Å². The number of nitrogens with one attached hydrogen (secondary N) is 2. The number of carboxylic acid groups (broad SMARTS) is 1. The summed E-state index contributed by atoms with van der Waals surface area (Å²) in [7, 11) is 0. The summed E-state index contributed by atoms with van der Waals surface area (Å²) in [5.41, 5.74) is 0. The van der Waals surface area contributed by atoms with Gasteiger partial charge in [0.1, 0.15) is 0 Å². The molecule has 0 heterocycles. The van der Waals surface area contributed by atoms with Crippen molar-refractivity contribution in [3.8, 4) is 0 Å². The van der Waals surface area contributed by atoms with E-state index in [1.165, 1.54) is 6.92 Å². The van der Waals surface area contributed by atoms with Gasteiger partial charge in [-0.2, -0.15) is 0 Å². The zero-order valence-corrected chi connectivity index (χ0v) is 12.3. The number of urea groups is 1. The second kappa shape index (κ2) is 7.99. The maximum atomic E-state index is 11.6. The quantitative estimate of drug-likeness (QED) is 0.557. The number of aliphatic hydroxyl groups excluding tert-OH is 1. The highest BCUT2D eigenvalue weighted by Crippen LogP contribution is 2.19. The molecule has 6 nitrogen and oxygen atoms in total. The van der Waals surface area contributed by atoms with Crippen LogP contribution in [-0.2, 0) is 4.79 Å². The van der Waals surface area contributed by atoms with Gasteiger partial charge in [0.15, 0.2) is 6.04 Å². The molecule has 0 aromatic rings. The van der Waals surface area contributed by atoms with E-state index in [9.17, 15) is 14.7 Å². The third-order valence-corrected chi connectivity index (χ3v) is 3.25. The molecule has 0 saturated heterocycles. The number of hydrogen-bond donors (Lipinski definition) is 4. The van der Waals surface area contributed by atoms with E-state index in [4.69, 9.17) is 5.11 Å². The van der Waals surface area contributed by atoms with Crippen molar-refractivity contribution in [2.24, 2.45) is 17.8 Å². The molecule has 0 fully saturated rings. The van der Waals surface area contributed by atoms with Gasteiger partial charge in [-0.25, -0.2) is 9.59 Å². The summed E-state index contributed by atoms with van der Waals surface area (Å²) in [5, 5.41) is 23.0. The minimum Gasteiger partial charge on any atom is -0.480 e. The van der Waals surface area contributed by atoms with Crippen molar-refractivity contribution in [1.29, 1.82) is 0 Å². The van der Waals surface area contributed by atoms with Crippen LogP contribution in [-0.4, -0.2) is 40.9 Å². The number of carbonyl (C=O) groups is 2. The van der Waals surface area contributed by atoms with E-state index in [0.29, 0.717) is 24.3 Å². The number of aliphatic carboxylic acids is 1. The average Bonchev–Trinajstić information content (AvgIpc) is 2.24. The van der Waals surface area contributed by atoms with Crippen molar-refractivity contribution in [2.45, 2.75) is 46.8 Å². The Morgan fingerprint density at radius 3 is 1.84 bits per heavy atom. The summed E-state index contributed by atoms with van der Waals surface area (Å²) in [6.07, 6.45) is -1.14. The first-order valence-corrected chi connectivity index (χ1v) is 6.62. The fourth-order valence-corrected chi connectivity index (χ4v) is 2.03. The van der Waals surface area contributed by atoms with Crippen LogP contribution in [0.5, 0.6) is 0 Å². The van der Waals surface area contributed by atoms with Crippen LogP contribution in [0.25, 0.3) is 0 Å². The molecule has 0 aromatic carbocycles. The molecule has 19 heavy (non-hydrogen) atoms. The second-order valence-electron chi connectivity index (χ2n) is 5.56. The molecule has 0 saturated carbocycles. The summed E-state index contributed by atoms with van der Waals surface area (Å²) in [5.74, 6) is -0.0883. The minimum atomic E-state index is -1.29. The highest BCUT2D eigenvalue weighted by atomic mass is 16.4. The predicted molar refractivity (Wildman–Crippen MR) is 72.8 cm³/mol. The Hall–Kier alpha value is -1.30. The molecule has 0 rings (SSSR count). The maximum Gasteiger partial charge on any atom is 0.328 e. The standard InChI is InChI=1S/C13H26N2O4/c1-7(2)10(8(3)4)6-14-13(19)15-11(9(5)16)12(17)18/h7-11,16H,6H2,1-5H3,(H,17,18)(H2,14,15,19). The lowest BCUT2D eigenvalue weighted by molar-refractivity contribution is -0.141. The monoisotopic (exact) mass is 274 g/mol. The van der Waals surface area contributed by atoms with E-state index in [1.807, 2.05) is 0 Å². The van der Waals surface area contributed by atoms with Crippen LogP contribution in [0.3, 0.4) is 0 Å². The number of carbonyl (C=O) groups excluding carboxylic acids is 1. The van der Waals surface area contributed by atoms with E-state index in [-0.39, 0.29) is 0 Å². The Kier molecular flexibility index (Phi) is 7.44. The Balaban J connectivity index is 4.34. The minimum absolute atomic E-state index is 0.320. The largest absolute Gasteiger partial charge is 0.480 e. The average molecular weight is 274 g/mol. The molecule has 0 aliphatic heterocycles. The molecule has 0 bridgehead atoms. The van der Waals surface area contributed by atoms with Gasteiger partial charge in [0.2, 0.25) is 0 Å². The van der Waals surface area contributed by atoms with Gasteiger partial charge in [-0.05, 0) is 24.7 Å². The van der Waals surface area contributed by atoms with Gasteiger partial charge < -0.3 is 20.8 Å². The topological polar surface area (TPSA) is 98.7 Å². The Morgan fingerprint density at radius 1 is 1.05 bits per heavy atom. The Morgan fingerprint density at radius 2 is 1.53 bits per heavy atom. The van der Waals surface area contributed by atoms with Crippen LogP contribution >= 0.6 is 0 Å². The third kappa shape index (κ3) is 6.42. The van der Waals surface area contributed by atoms with Crippen LogP contribution in [0.2, 0.25) is 0 Å². The lowest BCUT2D eigenvalue weighted by Gasteiger charge is -2.25. The first-order valence-electron chi connectivity index (χ1n) is 6.62. The Labute approximate surface area is 114 Å². The van der Waals surface area contributed by atoms with Crippen molar-refractivity contribution in [3.05, 3.63) is 0 Å². The van der Waals surface area contributed by atoms with E-state index in [0.717, 1.165) is 0 Å². The molecule has 0 aliphatic carbocycles. The summed E-state index contributed by atoms with van der Waals surface area (Å²) >= 11 is 0. The smallest absolute Gasteiger partial charge is 0.328 e. The van der Waals surface area contributed by atoms with Gasteiger partial charge in [-0.15, -0.1) is 0 Å². The van der Waals surface area contributed by atoms with Gasteiger partial charge in [-0.3, -0.25) is 0 Å². The number of aliphatic hydroxyl groups is 1. The van der Waals surface area contributed by atoms with Gasteiger partial charge in [0.25, 0.3) is 0 Å². The Bertz CT molecular complexity index is 295. The van der Waals surface area contributed by atoms with E-state index < -0.39 is 24.1 Å². The molecule has 2 unspecified atom stereocenters. The van der Waals surface area contributed by atoms with E-state index in [1.54, 1.807) is 0 Å². The summed E-state index contributed by atoms with van der Waals surface area (Å²) in [6.45, 7) is 10.1. The molecule has 0 radical (unpaired) electrons. The number of amides is 2. The second-order valence-corrected chi connectivity index (χ2v) is 5.56. The molecular weight excluding hydrogens is 248 g/mol. The van der Waals surface area contributed by atoms with Crippen molar-refractivity contribution in [3.63, 3.8) is 0 Å². The number of hydrogen-bond acceptors (Lipinski definition) is 3. The molecule has 4 N–H and O–H groups in total. The SMILES string of the molecule is CC(C)C(CNC(=O)NC(C(=O)O)C(C)O)C(C)C. The van der Waals surface area contributed by atoms with Crippen LogP contribution in [0.1, 0.15) is 34.6 Å². The molecule has 0 aliphatic rings. The number of rotatable bonds is 7. The molecule has 112 valence electrons. The lowest BCUT2D eigenvalue weighted by atomic mass is 9.85. The fraction of sp³-hybridized carbons (Fsp3) is 0.846. The van der Waals surface area contributed by atoms with Gasteiger partial charge in [0, 0.05) is 6.54 Å². The summed E-state index contributed by atoms with van der Waals surface area (Å²) < 4.78 is 0. The van der Waals surface area contributed by atoms with E-state index in [2.05, 4.69) is 38.3 Å². The van der Waals surface area contributed by atoms with Crippen LogP contribution in [0.15, 0.2) is 0 Å². The highest BCUT2D eigenvalue weighted by molar-refractivity contribution is 5.82. The van der Waals surface area contributed by atoms with Crippen molar-refractivity contribution in [2.75, 3.05) is 6.54 Å². The van der Waals surface area contributed by atoms with Crippen molar-refractivity contribution >= 4 is 12.0 Å². The molecule has 0 spiro atoms.